The molecule has 0 aliphatic rings. The van der Waals surface area contributed by atoms with E-state index in [1.807, 2.05) is 6.07 Å². The molecule has 0 atom stereocenters. The number of hydrogen-bond donors (Lipinski definition) is 0. The maximum atomic E-state index is 11.4. The van der Waals surface area contributed by atoms with Crippen LogP contribution in [0, 0.1) is 0 Å². The molecule has 0 aliphatic carbocycles. The van der Waals surface area contributed by atoms with Gasteiger partial charge in [0.1, 0.15) is 5.75 Å². The zero-order valence-electron chi connectivity index (χ0n) is 15.8. The summed E-state index contributed by atoms with van der Waals surface area (Å²) >= 11 is 0. The lowest BCUT2D eigenvalue weighted by Crippen LogP contribution is -2.31. The quantitative estimate of drug-likeness (QED) is 0.597. The summed E-state index contributed by atoms with van der Waals surface area (Å²) in [5, 5.41) is 0. The molecular formula is C20H28N2O3S. The van der Waals surface area contributed by atoms with Gasteiger partial charge in [-0.25, -0.2) is 8.42 Å². The van der Waals surface area contributed by atoms with Crippen LogP contribution in [0.2, 0.25) is 0 Å². The van der Waals surface area contributed by atoms with Gasteiger partial charge in [0, 0.05) is 38.6 Å². The topological polar surface area (TPSA) is 49.9 Å². The van der Waals surface area contributed by atoms with E-state index >= 15 is 0 Å². The average molecular weight is 377 g/mol. The van der Waals surface area contributed by atoms with Gasteiger partial charge < -0.3 is 14.5 Å². The summed E-state index contributed by atoms with van der Waals surface area (Å²) in [6, 6.07) is 16.9. The fraction of sp³-hybridized carbons (Fsp3) is 0.400. The second kappa shape index (κ2) is 9.59. The van der Waals surface area contributed by atoms with Gasteiger partial charge in [-0.3, -0.25) is 0 Å². The monoisotopic (exact) mass is 376 g/mol. The molecule has 0 saturated carbocycles. The first kappa shape index (κ1) is 20.3. The van der Waals surface area contributed by atoms with E-state index in [1.54, 1.807) is 24.3 Å². The third-order valence-electron chi connectivity index (χ3n) is 4.22. The predicted octanol–water partition coefficient (Wildman–Crippen LogP) is 2.93. The van der Waals surface area contributed by atoms with Gasteiger partial charge in [0.05, 0.1) is 11.5 Å². The summed E-state index contributed by atoms with van der Waals surface area (Å²) in [7, 11) is 1.06. The number of ether oxygens (including phenoxy) is 1. The number of benzene rings is 2. The van der Waals surface area contributed by atoms with Crippen LogP contribution in [-0.4, -0.2) is 59.9 Å². The maximum Gasteiger partial charge on any atom is 0.175 e. The molecule has 5 nitrogen and oxygen atoms in total. The smallest absolute Gasteiger partial charge is 0.175 e. The van der Waals surface area contributed by atoms with Gasteiger partial charge in [0.15, 0.2) is 9.84 Å². The van der Waals surface area contributed by atoms with Gasteiger partial charge in [0.2, 0.25) is 0 Å². The highest BCUT2D eigenvalue weighted by atomic mass is 32.2. The molecule has 0 aliphatic heterocycles. The summed E-state index contributed by atoms with van der Waals surface area (Å²) in [5.41, 5.74) is 1.22. The zero-order valence-corrected chi connectivity index (χ0v) is 16.6. The molecule has 0 saturated heterocycles. The standard InChI is InChI=1S/C20H28N2O3S/c1-21(15-16-22(2)18-8-5-4-6-9-18)14-7-17-25-19-10-12-20(13-11-19)26(3,23)24/h4-6,8-13H,7,14-17H2,1-3H3. The van der Waals surface area contributed by atoms with Crippen molar-refractivity contribution in [3.05, 3.63) is 54.6 Å². The van der Waals surface area contributed by atoms with E-state index in [0.717, 1.165) is 26.1 Å². The van der Waals surface area contributed by atoms with Crippen LogP contribution in [0.3, 0.4) is 0 Å². The molecule has 2 aromatic carbocycles. The fourth-order valence-electron chi connectivity index (χ4n) is 2.55. The minimum Gasteiger partial charge on any atom is -0.494 e. The van der Waals surface area contributed by atoms with E-state index < -0.39 is 9.84 Å². The van der Waals surface area contributed by atoms with Crippen molar-refractivity contribution >= 4 is 15.5 Å². The number of rotatable bonds is 10. The van der Waals surface area contributed by atoms with Crippen LogP contribution in [0.1, 0.15) is 6.42 Å². The first-order valence-corrected chi connectivity index (χ1v) is 10.6. The number of anilines is 1. The molecule has 26 heavy (non-hydrogen) atoms. The third-order valence-corrected chi connectivity index (χ3v) is 5.35. The Morgan fingerprint density at radius 1 is 0.885 bits per heavy atom. The molecule has 0 radical (unpaired) electrons. The number of hydrogen-bond acceptors (Lipinski definition) is 5. The maximum absolute atomic E-state index is 11.4. The Morgan fingerprint density at radius 3 is 2.15 bits per heavy atom. The van der Waals surface area contributed by atoms with Gasteiger partial charge in [-0.2, -0.15) is 0 Å². The van der Waals surface area contributed by atoms with Crippen molar-refractivity contribution in [3.8, 4) is 5.75 Å². The number of nitrogens with zero attached hydrogens (tertiary/aromatic N) is 2. The normalized spacial score (nSPS) is 11.5. The minimum absolute atomic E-state index is 0.312. The Morgan fingerprint density at radius 2 is 1.54 bits per heavy atom. The molecular weight excluding hydrogens is 348 g/mol. The lowest BCUT2D eigenvalue weighted by molar-refractivity contribution is 0.265. The van der Waals surface area contributed by atoms with Crippen LogP contribution >= 0.6 is 0 Å². The first-order chi connectivity index (χ1) is 12.4. The third kappa shape index (κ3) is 6.69. The van der Waals surface area contributed by atoms with E-state index in [2.05, 4.69) is 48.2 Å². The summed E-state index contributed by atoms with van der Waals surface area (Å²) in [6.07, 6.45) is 2.12. The molecule has 0 fully saturated rings. The van der Waals surface area contributed by atoms with Gasteiger partial charge in [-0.15, -0.1) is 0 Å². The fourth-order valence-corrected chi connectivity index (χ4v) is 3.18. The Hall–Kier alpha value is -2.05. The largest absolute Gasteiger partial charge is 0.494 e. The molecule has 0 aromatic heterocycles. The summed E-state index contributed by atoms with van der Waals surface area (Å²) in [5.74, 6) is 0.698. The Bertz CT molecular complexity index is 761. The summed E-state index contributed by atoms with van der Waals surface area (Å²) in [4.78, 5) is 4.85. The average Bonchev–Trinajstić information content (AvgIpc) is 2.63. The lowest BCUT2D eigenvalue weighted by Gasteiger charge is -2.23. The molecule has 142 valence electrons. The molecule has 6 heteroatoms. The highest BCUT2D eigenvalue weighted by Gasteiger charge is 2.07. The molecule has 0 bridgehead atoms. The van der Waals surface area contributed by atoms with Crippen molar-refractivity contribution < 1.29 is 13.2 Å². The van der Waals surface area contributed by atoms with Crippen molar-refractivity contribution in [3.63, 3.8) is 0 Å². The number of sulfone groups is 1. The van der Waals surface area contributed by atoms with Crippen LogP contribution in [0.4, 0.5) is 5.69 Å². The van der Waals surface area contributed by atoms with Crippen molar-refractivity contribution in [1.82, 2.24) is 4.90 Å². The Labute approximate surface area is 157 Å². The second-order valence-corrected chi connectivity index (χ2v) is 8.52. The van der Waals surface area contributed by atoms with E-state index in [9.17, 15) is 8.42 Å². The highest BCUT2D eigenvalue weighted by Crippen LogP contribution is 2.16. The van der Waals surface area contributed by atoms with Crippen LogP contribution in [0.15, 0.2) is 59.5 Å². The SMILES string of the molecule is CN(CCCOc1ccc(S(C)(=O)=O)cc1)CCN(C)c1ccccc1. The van der Waals surface area contributed by atoms with Gasteiger partial charge >= 0.3 is 0 Å². The van der Waals surface area contributed by atoms with E-state index in [1.165, 1.54) is 11.9 Å². The number of para-hydroxylation sites is 1. The summed E-state index contributed by atoms with van der Waals surface area (Å²) < 4.78 is 28.5. The predicted molar refractivity (Wildman–Crippen MR) is 107 cm³/mol. The molecule has 2 rings (SSSR count). The number of likely N-dealkylation sites (N-methyl/N-ethyl adjacent to an activating group) is 2. The van der Waals surface area contributed by atoms with Gasteiger partial charge in [-0.1, -0.05) is 18.2 Å². The van der Waals surface area contributed by atoms with E-state index in [-0.39, 0.29) is 0 Å². The second-order valence-electron chi connectivity index (χ2n) is 6.51. The van der Waals surface area contributed by atoms with Gasteiger partial charge in [-0.05, 0) is 49.9 Å². The van der Waals surface area contributed by atoms with E-state index in [0.29, 0.717) is 17.3 Å². The molecule has 2 aromatic rings. The van der Waals surface area contributed by atoms with Crippen molar-refractivity contribution in [2.45, 2.75) is 11.3 Å². The first-order valence-electron chi connectivity index (χ1n) is 8.74. The van der Waals surface area contributed by atoms with Gasteiger partial charge in [0.25, 0.3) is 0 Å². The van der Waals surface area contributed by atoms with Crippen molar-refractivity contribution in [1.29, 1.82) is 0 Å². The van der Waals surface area contributed by atoms with Crippen molar-refractivity contribution in [2.75, 3.05) is 51.5 Å². The summed E-state index contributed by atoms with van der Waals surface area (Å²) in [6.45, 7) is 3.50. The van der Waals surface area contributed by atoms with Crippen molar-refractivity contribution in [2.24, 2.45) is 0 Å². The Balaban J connectivity index is 1.65. The van der Waals surface area contributed by atoms with E-state index in [4.69, 9.17) is 4.74 Å². The van der Waals surface area contributed by atoms with Crippen LogP contribution in [0.5, 0.6) is 5.75 Å². The van der Waals surface area contributed by atoms with Crippen LogP contribution in [0.25, 0.3) is 0 Å². The molecule has 0 spiro atoms. The zero-order chi connectivity index (χ0) is 19.0. The molecule has 0 amide bonds. The molecule has 0 heterocycles. The molecule has 0 N–H and O–H groups in total. The Kier molecular flexibility index (Phi) is 7.48. The van der Waals surface area contributed by atoms with Crippen LogP contribution < -0.4 is 9.64 Å². The highest BCUT2D eigenvalue weighted by molar-refractivity contribution is 7.90. The lowest BCUT2D eigenvalue weighted by atomic mass is 10.3. The molecule has 0 unspecified atom stereocenters. The minimum atomic E-state index is -3.16. The van der Waals surface area contributed by atoms with Crippen LogP contribution in [-0.2, 0) is 9.84 Å².